The average molecular weight is 203 g/mol. The average Bonchev–Trinajstić information content (AvgIpc) is 3.10. The largest absolute Gasteiger partial charge is 0.395 e. The fourth-order valence-electron chi connectivity index (χ4n) is 1.62. The van der Waals surface area contributed by atoms with E-state index in [0.29, 0.717) is 18.3 Å². The first kappa shape index (κ1) is 9.94. The molecule has 1 saturated carbocycles. The predicted molar refractivity (Wildman–Crippen MR) is 56.4 cm³/mol. The summed E-state index contributed by atoms with van der Waals surface area (Å²) in [6.07, 6.45) is 2.30. The second-order valence-corrected chi connectivity index (χ2v) is 3.64. The molecule has 1 aliphatic rings. The van der Waals surface area contributed by atoms with E-state index in [0.717, 1.165) is 18.7 Å². The fraction of sp³-hybridized carbons (Fsp3) is 0.455. The van der Waals surface area contributed by atoms with Gasteiger partial charge in [0.15, 0.2) is 0 Å². The number of nitriles is 1. The molecule has 1 fully saturated rings. The van der Waals surface area contributed by atoms with Crippen molar-refractivity contribution in [3.63, 3.8) is 0 Å². The molecular weight excluding hydrogens is 190 g/mol. The van der Waals surface area contributed by atoms with Crippen molar-refractivity contribution in [1.82, 2.24) is 4.98 Å². The van der Waals surface area contributed by atoms with Crippen LogP contribution in [-0.2, 0) is 0 Å². The summed E-state index contributed by atoms with van der Waals surface area (Å²) < 4.78 is 0. The van der Waals surface area contributed by atoms with Crippen molar-refractivity contribution < 1.29 is 5.11 Å². The minimum absolute atomic E-state index is 0.120. The van der Waals surface area contributed by atoms with Crippen molar-refractivity contribution in [2.24, 2.45) is 0 Å². The first-order valence-electron chi connectivity index (χ1n) is 5.10. The van der Waals surface area contributed by atoms with Crippen LogP contribution in [0, 0.1) is 11.3 Å². The molecule has 1 heterocycles. The van der Waals surface area contributed by atoms with Gasteiger partial charge >= 0.3 is 0 Å². The molecule has 0 saturated heterocycles. The second-order valence-electron chi connectivity index (χ2n) is 3.64. The molecule has 1 aromatic heterocycles. The predicted octanol–water partition coefficient (Wildman–Crippen LogP) is 0.914. The highest BCUT2D eigenvalue weighted by Gasteiger charge is 2.29. The van der Waals surface area contributed by atoms with Crippen molar-refractivity contribution in [2.45, 2.75) is 18.9 Å². The number of hydrogen-bond donors (Lipinski definition) is 1. The maximum atomic E-state index is 8.97. The number of nitrogens with zero attached hydrogens (tertiary/aromatic N) is 3. The fourth-order valence-corrected chi connectivity index (χ4v) is 1.62. The van der Waals surface area contributed by atoms with E-state index in [9.17, 15) is 0 Å². The lowest BCUT2D eigenvalue weighted by molar-refractivity contribution is 0.301. The maximum absolute atomic E-state index is 8.97. The molecule has 0 spiro atoms. The zero-order chi connectivity index (χ0) is 10.7. The van der Waals surface area contributed by atoms with Gasteiger partial charge in [-0.25, -0.2) is 4.98 Å². The molecule has 78 valence electrons. The van der Waals surface area contributed by atoms with E-state index < -0.39 is 0 Å². The highest BCUT2D eigenvalue weighted by atomic mass is 16.3. The van der Waals surface area contributed by atoms with Crippen LogP contribution in [0.2, 0.25) is 0 Å². The van der Waals surface area contributed by atoms with Crippen LogP contribution in [0.15, 0.2) is 18.2 Å². The molecule has 0 aromatic carbocycles. The van der Waals surface area contributed by atoms with Crippen LogP contribution in [-0.4, -0.2) is 29.3 Å². The molecule has 0 radical (unpaired) electrons. The Balaban J connectivity index is 2.21. The number of aliphatic hydroxyl groups is 1. The van der Waals surface area contributed by atoms with Crippen molar-refractivity contribution in [3.05, 3.63) is 23.9 Å². The van der Waals surface area contributed by atoms with Gasteiger partial charge in [-0.3, -0.25) is 0 Å². The number of aromatic nitrogens is 1. The molecule has 4 nitrogen and oxygen atoms in total. The topological polar surface area (TPSA) is 60.2 Å². The highest BCUT2D eigenvalue weighted by Crippen LogP contribution is 2.30. The quantitative estimate of drug-likeness (QED) is 0.790. The number of hydrogen-bond acceptors (Lipinski definition) is 4. The molecule has 15 heavy (non-hydrogen) atoms. The Morgan fingerprint density at radius 3 is 2.93 bits per heavy atom. The number of pyridine rings is 1. The van der Waals surface area contributed by atoms with E-state index in [1.54, 1.807) is 6.07 Å². The molecular formula is C11H13N3O. The standard InChI is InChI=1S/C11H13N3O/c12-8-9-2-1-3-11(13-9)14(6-7-15)10-4-5-10/h1-3,10,15H,4-7H2. The van der Waals surface area contributed by atoms with Gasteiger partial charge in [-0.05, 0) is 25.0 Å². The Labute approximate surface area is 88.8 Å². The van der Waals surface area contributed by atoms with Crippen molar-refractivity contribution in [1.29, 1.82) is 5.26 Å². The minimum atomic E-state index is 0.120. The Morgan fingerprint density at radius 2 is 2.33 bits per heavy atom. The van der Waals surface area contributed by atoms with E-state index in [4.69, 9.17) is 10.4 Å². The zero-order valence-electron chi connectivity index (χ0n) is 8.43. The monoisotopic (exact) mass is 203 g/mol. The van der Waals surface area contributed by atoms with E-state index in [2.05, 4.69) is 9.88 Å². The first-order chi connectivity index (χ1) is 7.35. The Hall–Kier alpha value is -1.60. The Morgan fingerprint density at radius 1 is 1.53 bits per heavy atom. The molecule has 0 unspecified atom stereocenters. The lowest BCUT2D eigenvalue weighted by atomic mass is 10.3. The molecule has 1 N–H and O–H groups in total. The molecule has 4 heteroatoms. The summed E-state index contributed by atoms with van der Waals surface area (Å²) in [7, 11) is 0. The molecule has 2 rings (SSSR count). The molecule has 1 aliphatic carbocycles. The van der Waals surface area contributed by atoms with E-state index in [-0.39, 0.29) is 6.61 Å². The van der Waals surface area contributed by atoms with Crippen LogP contribution in [0.1, 0.15) is 18.5 Å². The van der Waals surface area contributed by atoms with Crippen LogP contribution in [0.5, 0.6) is 0 Å². The van der Waals surface area contributed by atoms with Gasteiger partial charge < -0.3 is 10.0 Å². The minimum Gasteiger partial charge on any atom is -0.395 e. The van der Waals surface area contributed by atoms with Crippen LogP contribution >= 0.6 is 0 Å². The van der Waals surface area contributed by atoms with E-state index >= 15 is 0 Å². The molecule has 1 aromatic rings. The lowest BCUT2D eigenvalue weighted by Gasteiger charge is -2.22. The van der Waals surface area contributed by atoms with E-state index in [1.165, 1.54) is 0 Å². The molecule has 0 amide bonds. The van der Waals surface area contributed by atoms with Gasteiger partial charge in [0.2, 0.25) is 0 Å². The Kier molecular flexibility index (Phi) is 2.84. The van der Waals surface area contributed by atoms with Gasteiger partial charge in [-0.1, -0.05) is 6.07 Å². The third-order valence-corrected chi connectivity index (χ3v) is 2.47. The summed E-state index contributed by atoms with van der Waals surface area (Å²) in [4.78, 5) is 6.30. The summed E-state index contributed by atoms with van der Waals surface area (Å²) in [5.41, 5.74) is 0.427. The number of anilines is 1. The zero-order valence-corrected chi connectivity index (χ0v) is 8.43. The SMILES string of the molecule is N#Cc1cccc(N(CCO)C2CC2)n1. The van der Waals surface area contributed by atoms with Gasteiger partial charge in [-0.2, -0.15) is 5.26 Å². The van der Waals surface area contributed by atoms with Crippen LogP contribution in [0.3, 0.4) is 0 Å². The van der Waals surface area contributed by atoms with E-state index in [1.807, 2.05) is 18.2 Å². The molecule has 0 bridgehead atoms. The summed E-state index contributed by atoms with van der Waals surface area (Å²) >= 11 is 0. The summed E-state index contributed by atoms with van der Waals surface area (Å²) in [5, 5.41) is 17.7. The first-order valence-corrected chi connectivity index (χ1v) is 5.10. The third kappa shape index (κ3) is 2.25. The summed E-state index contributed by atoms with van der Waals surface area (Å²) in [5.74, 6) is 0.797. The maximum Gasteiger partial charge on any atom is 0.142 e. The lowest BCUT2D eigenvalue weighted by Crippen LogP contribution is -2.29. The van der Waals surface area contributed by atoms with Crippen molar-refractivity contribution >= 4 is 5.82 Å². The van der Waals surface area contributed by atoms with Gasteiger partial charge in [-0.15, -0.1) is 0 Å². The van der Waals surface area contributed by atoms with Crippen LogP contribution in [0.4, 0.5) is 5.82 Å². The van der Waals surface area contributed by atoms with Crippen molar-refractivity contribution in [3.8, 4) is 6.07 Å². The second kappa shape index (κ2) is 4.28. The third-order valence-electron chi connectivity index (χ3n) is 2.47. The Bertz CT molecular complexity index is 382. The van der Waals surface area contributed by atoms with Gasteiger partial charge in [0.25, 0.3) is 0 Å². The van der Waals surface area contributed by atoms with Gasteiger partial charge in [0.05, 0.1) is 6.61 Å². The summed E-state index contributed by atoms with van der Waals surface area (Å²) in [6.45, 7) is 0.710. The van der Waals surface area contributed by atoms with Gasteiger partial charge in [0, 0.05) is 12.6 Å². The molecule has 0 aliphatic heterocycles. The highest BCUT2D eigenvalue weighted by molar-refractivity contribution is 5.43. The summed E-state index contributed by atoms with van der Waals surface area (Å²) in [6, 6.07) is 7.92. The number of rotatable bonds is 4. The normalized spacial score (nSPS) is 14.7. The van der Waals surface area contributed by atoms with Crippen LogP contribution in [0.25, 0.3) is 0 Å². The number of aliphatic hydroxyl groups excluding tert-OH is 1. The molecule has 0 atom stereocenters. The van der Waals surface area contributed by atoms with Crippen LogP contribution < -0.4 is 4.90 Å². The smallest absolute Gasteiger partial charge is 0.142 e. The van der Waals surface area contributed by atoms with Gasteiger partial charge in [0.1, 0.15) is 17.6 Å². The van der Waals surface area contributed by atoms with Crippen molar-refractivity contribution in [2.75, 3.05) is 18.1 Å².